The van der Waals surface area contributed by atoms with Crippen LogP contribution < -0.4 is 5.32 Å². The SMILES string of the molecule is CCCC(C)CC(=O)NCCc1ccc(Cl)cc1. The van der Waals surface area contributed by atoms with Gasteiger partial charge < -0.3 is 5.32 Å². The Morgan fingerprint density at radius 2 is 2.00 bits per heavy atom. The molecule has 0 saturated carbocycles. The standard InChI is InChI=1S/C15H22ClNO/c1-3-4-12(2)11-15(18)17-10-9-13-5-7-14(16)8-6-13/h5-8,12H,3-4,9-11H2,1-2H3,(H,17,18). The smallest absolute Gasteiger partial charge is 0.220 e. The molecule has 1 amide bonds. The van der Waals surface area contributed by atoms with Gasteiger partial charge in [0.05, 0.1) is 0 Å². The first-order valence-corrected chi connectivity index (χ1v) is 7.00. The van der Waals surface area contributed by atoms with Gasteiger partial charge in [-0.05, 0) is 30.0 Å². The van der Waals surface area contributed by atoms with Crippen LogP contribution in [0.3, 0.4) is 0 Å². The summed E-state index contributed by atoms with van der Waals surface area (Å²) in [7, 11) is 0. The summed E-state index contributed by atoms with van der Waals surface area (Å²) in [6, 6.07) is 7.74. The maximum absolute atomic E-state index is 11.6. The summed E-state index contributed by atoms with van der Waals surface area (Å²) in [6.45, 7) is 4.97. The van der Waals surface area contributed by atoms with Crippen LogP contribution in [0.5, 0.6) is 0 Å². The van der Waals surface area contributed by atoms with Gasteiger partial charge in [0.2, 0.25) is 5.91 Å². The fraction of sp³-hybridized carbons (Fsp3) is 0.533. The monoisotopic (exact) mass is 267 g/mol. The third-order valence-electron chi connectivity index (χ3n) is 2.96. The van der Waals surface area contributed by atoms with Gasteiger partial charge in [-0.25, -0.2) is 0 Å². The molecule has 1 aromatic carbocycles. The largest absolute Gasteiger partial charge is 0.356 e. The van der Waals surface area contributed by atoms with Gasteiger partial charge >= 0.3 is 0 Å². The van der Waals surface area contributed by atoms with Gasteiger partial charge in [0.1, 0.15) is 0 Å². The molecule has 0 aromatic heterocycles. The van der Waals surface area contributed by atoms with Gasteiger partial charge in [0, 0.05) is 18.0 Å². The first-order valence-electron chi connectivity index (χ1n) is 6.63. The number of carbonyl (C=O) groups is 1. The number of nitrogens with one attached hydrogen (secondary N) is 1. The zero-order valence-electron chi connectivity index (χ0n) is 11.2. The molecule has 1 aromatic rings. The molecule has 1 N–H and O–H groups in total. The van der Waals surface area contributed by atoms with Crippen LogP contribution in [0.15, 0.2) is 24.3 Å². The van der Waals surface area contributed by atoms with Crippen LogP contribution in [0.2, 0.25) is 5.02 Å². The molecule has 0 spiro atoms. The Balaban J connectivity index is 2.21. The molecule has 2 nitrogen and oxygen atoms in total. The fourth-order valence-corrected chi connectivity index (χ4v) is 2.11. The van der Waals surface area contributed by atoms with Crippen molar-refractivity contribution < 1.29 is 4.79 Å². The number of benzene rings is 1. The van der Waals surface area contributed by atoms with Crippen molar-refractivity contribution in [3.8, 4) is 0 Å². The predicted molar refractivity (Wildman–Crippen MR) is 76.9 cm³/mol. The third-order valence-corrected chi connectivity index (χ3v) is 3.22. The van der Waals surface area contributed by atoms with E-state index in [0.717, 1.165) is 24.3 Å². The Morgan fingerprint density at radius 3 is 2.61 bits per heavy atom. The molecule has 18 heavy (non-hydrogen) atoms. The number of carbonyl (C=O) groups excluding carboxylic acids is 1. The number of hydrogen-bond donors (Lipinski definition) is 1. The summed E-state index contributed by atoms with van der Waals surface area (Å²) in [5, 5.41) is 3.71. The highest BCUT2D eigenvalue weighted by Gasteiger charge is 2.07. The number of halogens is 1. The van der Waals surface area contributed by atoms with Gasteiger partial charge in [-0.3, -0.25) is 4.79 Å². The number of rotatable bonds is 7. The molecule has 100 valence electrons. The Bertz CT molecular complexity index is 361. The third kappa shape index (κ3) is 6.06. The van der Waals surface area contributed by atoms with Crippen molar-refractivity contribution in [1.82, 2.24) is 5.32 Å². The van der Waals surface area contributed by atoms with Gasteiger partial charge in [-0.15, -0.1) is 0 Å². The molecule has 0 radical (unpaired) electrons. The van der Waals surface area contributed by atoms with E-state index in [0.29, 0.717) is 18.9 Å². The van der Waals surface area contributed by atoms with Crippen molar-refractivity contribution in [3.63, 3.8) is 0 Å². The lowest BCUT2D eigenvalue weighted by molar-refractivity contribution is -0.121. The van der Waals surface area contributed by atoms with E-state index in [2.05, 4.69) is 19.2 Å². The second-order valence-corrected chi connectivity index (χ2v) is 5.26. The Kier molecular flexibility index (Phi) is 6.81. The van der Waals surface area contributed by atoms with E-state index in [4.69, 9.17) is 11.6 Å². The first kappa shape index (κ1) is 15.0. The van der Waals surface area contributed by atoms with E-state index in [1.807, 2.05) is 24.3 Å². The van der Waals surface area contributed by atoms with Crippen molar-refractivity contribution in [3.05, 3.63) is 34.9 Å². The zero-order chi connectivity index (χ0) is 13.4. The quantitative estimate of drug-likeness (QED) is 0.799. The van der Waals surface area contributed by atoms with Crippen molar-refractivity contribution in [2.24, 2.45) is 5.92 Å². The predicted octanol–water partition coefficient (Wildman–Crippen LogP) is 3.83. The van der Waals surface area contributed by atoms with Crippen molar-refractivity contribution >= 4 is 17.5 Å². The normalized spacial score (nSPS) is 12.2. The molecular weight excluding hydrogens is 246 g/mol. The van der Waals surface area contributed by atoms with Crippen LogP contribution in [0.4, 0.5) is 0 Å². The van der Waals surface area contributed by atoms with Crippen molar-refractivity contribution in [1.29, 1.82) is 0 Å². The van der Waals surface area contributed by atoms with E-state index in [1.54, 1.807) is 0 Å². The van der Waals surface area contributed by atoms with Crippen LogP contribution in [-0.2, 0) is 11.2 Å². The molecule has 0 aliphatic carbocycles. The molecule has 1 rings (SSSR count). The summed E-state index contributed by atoms with van der Waals surface area (Å²) in [4.78, 5) is 11.6. The maximum Gasteiger partial charge on any atom is 0.220 e. The summed E-state index contributed by atoms with van der Waals surface area (Å²) in [6.07, 6.45) is 3.74. The second kappa shape index (κ2) is 8.15. The highest BCUT2D eigenvalue weighted by molar-refractivity contribution is 6.30. The second-order valence-electron chi connectivity index (χ2n) is 4.82. The minimum atomic E-state index is 0.157. The molecule has 0 fully saturated rings. The molecule has 1 atom stereocenters. The first-order chi connectivity index (χ1) is 8.61. The highest BCUT2D eigenvalue weighted by atomic mass is 35.5. The Hall–Kier alpha value is -1.02. The van der Waals surface area contributed by atoms with Crippen molar-refractivity contribution in [2.75, 3.05) is 6.54 Å². The molecule has 0 aliphatic rings. The topological polar surface area (TPSA) is 29.1 Å². The van der Waals surface area contributed by atoms with E-state index >= 15 is 0 Å². The van der Waals surface area contributed by atoms with Gasteiger partial charge in [-0.1, -0.05) is 50.4 Å². The molecular formula is C15H22ClNO. The van der Waals surface area contributed by atoms with Crippen LogP contribution >= 0.6 is 11.6 Å². The lowest BCUT2D eigenvalue weighted by Crippen LogP contribution is -2.27. The maximum atomic E-state index is 11.6. The number of hydrogen-bond acceptors (Lipinski definition) is 1. The summed E-state index contributed by atoms with van der Waals surface area (Å²) < 4.78 is 0. The molecule has 0 bridgehead atoms. The highest BCUT2D eigenvalue weighted by Crippen LogP contribution is 2.10. The Morgan fingerprint density at radius 1 is 1.33 bits per heavy atom. The summed E-state index contributed by atoms with van der Waals surface area (Å²) in [5.74, 6) is 0.635. The van der Waals surface area contributed by atoms with Crippen LogP contribution in [0.1, 0.15) is 38.7 Å². The van der Waals surface area contributed by atoms with Crippen LogP contribution in [0, 0.1) is 5.92 Å². The van der Waals surface area contributed by atoms with Gasteiger partial charge in [-0.2, -0.15) is 0 Å². The van der Waals surface area contributed by atoms with E-state index < -0.39 is 0 Å². The lowest BCUT2D eigenvalue weighted by atomic mass is 10.0. The molecule has 0 saturated heterocycles. The summed E-state index contributed by atoms with van der Waals surface area (Å²) in [5.41, 5.74) is 1.20. The average molecular weight is 268 g/mol. The zero-order valence-corrected chi connectivity index (χ0v) is 12.0. The average Bonchev–Trinajstić information content (AvgIpc) is 2.32. The minimum absolute atomic E-state index is 0.157. The minimum Gasteiger partial charge on any atom is -0.356 e. The Labute approximate surface area is 115 Å². The van der Waals surface area contributed by atoms with E-state index in [-0.39, 0.29) is 5.91 Å². The fourth-order valence-electron chi connectivity index (χ4n) is 1.98. The molecule has 0 aliphatic heterocycles. The molecule has 0 heterocycles. The molecule has 1 unspecified atom stereocenters. The lowest BCUT2D eigenvalue weighted by Gasteiger charge is -2.10. The van der Waals surface area contributed by atoms with Gasteiger partial charge in [0.15, 0.2) is 0 Å². The van der Waals surface area contributed by atoms with Crippen molar-refractivity contribution in [2.45, 2.75) is 39.5 Å². The van der Waals surface area contributed by atoms with Crippen LogP contribution in [-0.4, -0.2) is 12.5 Å². The summed E-state index contributed by atoms with van der Waals surface area (Å²) >= 11 is 5.81. The van der Waals surface area contributed by atoms with E-state index in [9.17, 15) is 4.79 Å². The van der Waals surface area contributed by atoms with E-state index in [1.165, 1.54) is 5.56 Å². The van der Waals surface area contributed by atoms with Crippen LogP contribution in [0.25, 0.3) is 0 Å². The van der Waals surface area contributed by atoms with Gasteiger partial charge in [0.25, 0.3) is 0 Å². The number of amides is 1. The molecule has 3 heteroatoms.